The van der Waals surface area contributed by atoms with Crippen LogP contribution < -0.4 is 5.32 Å². The molecule has 1 fully saturated rings. The molecule has 1 N–H and O–H groups in total. The number of nitrogens with one attached hydrogen (secondary N) is 1. The number of pyridine rings is 1. The molecule has 3 heterocycles. The number of hydrogen-bond acceptors (Lipinski definition) is 3. The maximum Gasteiger partial charge on any atom is 0.0948 e. The van der Waals surface area contributed by atoms with E-state index in [9.17, 15) is 0 Å². The molecule has 0 bridgehead atoms. The summed E-state index contributed by atoms with van der Waals surface area (Å²) in [4.78, 5) is 8.45. The SMILES string of the molecule is CC1(c2cncn2CCc2ccncc2)CCNCC1. The fourth-order valence-electron chi connectivity index (χ4n) is 3.04. The predicted molar refractivity (Wildman–Crippen MR) is 79.6 cm³/mol. The molecule has 2 aromatic rings. The molecule has 1 aliphatic heterocycles. The van der Waals surface area contributed by atoms with E-state index >= 15 is 0 Å². The molecular weight excluding hydrogens is 248 g/mol. The van der Waals surface area contributed by atoms with Gasteiger partial charge in [0.2, 0.25) is 0 Å². The van der Waals surface area contributed by atoms with Crippen LogP contribution in [-0.2, 0) is 18.4 Å². The van der Waals surface area contributed by atoms with Crippen LogP contribution in [0, 0.1) is 0 Å². The van der Waals surface area contributed by atoms with Crippen LogP contribution in [0.3, 0.4) is 0 Å². The van der Waals surface area contributed by atoms with Gasteiger partial charge in [-0.15, -0.1) is 0 Å². The Hall–Kier alpha value is -1.68. The number of aryl methyl sites for hydroxylation is 2. The first-order valence-corrected chi connectivity index (χ1v) is 7.38. The molecule has 106 valence electrons. The Labute approximate surface area is 120 Å². The highest BCUT2D eigenvalue weighted by molar-refractivity contribution is 5.16. The van der Waals surface area contributed by atoms with Crippen LogP contribution in [0.1, 0.15) is 31.0 Å². The van der Waals surface area contributed by atoms with Crippen molar-refractivity contribution in [2.45, 2.75) is 38.1 Å². The lowest BCUT2D eigenvalue weighted by molar-refractivity contribution is 0.316. The third-order valence-electron chi connectivity index (χ3n) is 4.43. The summed E-state index contributed by atoms with van der Waals surface area (Å²) >= 11 is 0. The molecule has 0 spiro atoms. The Bertz CT molecular complexity index is 541. The van der Waals surface area contributed by atoms with Gasteiger partial charge in [-0.3, -0.25) is 4.98 Å². The molecule has 0 aliphatic carbocycles. The van der Waals surface area contributed by atoms with E-state index in [0.29, 0.717) is 0 Å². The lowest BCUT2D eigenvalue weighted by Crippen LogP contribution is -2.39. The van der Waals surface area contributed by atoms with Gasteiger partial charge in [-0.25, -0.2) is 4.98 Å². The summed E-state index contributed by atoms with van der Waals surface area (Å²) in [5, 5.41) is 3.44. The van der Waals surface area contributed by atoms with Crippen LogP contribution in [0.5, 0.6) is 0 Å². The molecule has 3 rings (SSSR count). The van der Waals surface area contributed by atoms with Crippen LogP contribution in [0.2, 0.25) is 0 Å². The van der Waals surface area contributed by atoms with E-state index in [-0.39, 0.29) is 5.41 Å². The number of hydrogen-bond donors (Lipinski definition) is 1. The van der Waals surface area contributed by atoms with Crippen molar-refractivity contribution in [2.75, 3.05) is 13.1 Å². The zero-order valence-electron chi connectivity index (χ0n) is 12.0. The topological polar surface area (TPSA) is 42.7 Å². The van der Waals surface area contributed by atoms with E-state index < -0.39 is 0 Å². The van der Waals surface area contributed by atoms with Crippen molar-refractivity contribution in [1.82, 2.24) is 19.9 Å². The third kappa shape index (κ3) is 2.75. The van der Waals surface area contributed by atoms with E-state index in [1.807, 2.05) is 18.7 Å². The van der Waals surface area contributed by atoms with Crippen LogP contribution in [0.25, 0.3) is 0 Å². The van der Waals surface area contributed by atoms with Gasteiger partial charge in [0.15, 0.2) is 0 Å². The van der Waals surface area contributed by atoms with E-state index in [1.54, 1.807) is 0 Å². The Kier molecular flexibility index (Phi) is 3.83. The zero-order valence-corrected chi connectivity index (χ0v) is 12.0. The molecule has 0 radical (unpaired) electrons. The molecule has 0 aromatic carbocycles. The first kappa shape index (κ1) is 13.3. The molecule has 0 atom stereocenters. The van der Waals surface area contributed by atoms with Gasteiger partial charge in [0.05, 0.1) is 6.33 Å². The van der Waals surface area contributed by atoms with Crippen molar-refractivity contribution >= 4 is 0 Å². The Balaban J connectivity index is 1.73. The second kappa shape index (κ2) is 5.75. The maximum absolute atomic E-state index is 4.39. The minimum Gasteiger partial charge on any atom is -0.334 e. The second-order valence-corrected chi connectivity index (χ2v) is 5.89. The minimum atomic E-state index is 0.264. The van der Waals surface area contributed by atoms with Crippen molar-refractivity contribution in [3.63, 3.8) is 0 Å². The fourth-order valence-corrected chi connectivity index (χ4v) is 3.04. The van der Waals surface area contributed by atoms with Gasteiger partial charge in [0.1, 0.15) is 0 Å². The Morgan fingerprint density at radius 1 is 1.20 bits per heavy atom. The van der Waals surface area contributed by atoms with Crippen molar-refractivity contribution in [1.29, 1.82) is 0 Å². The van der Waals surface area contributed by atoms with Gasteiger partial charge in [0.25, 0.3) is 0 Å². The molecule has 1 aliphatic rings. The highest BCUT2D eigenvalue weighted by Gasteiger charge is 2.31. The summed E-state index contributed by atoms with van der Waals surface area (Å²) in [6.07, 6.45) is 11.2. The average Bonchev–Trinajstić information content (AvgIpc) is 2.96. The molecule has 0 saturated carbocycles. The number of imidazole rings is 1. The van der Waals surface area contributed by atoms with Crippen LogP contribution >= 0.6 is 0 Å². The zero-order chi connectivity index (χ0) is 13.8. The second-order valence-electron chi connectivity index (χ2n) is 5.89. The van der Waals surface area contributed by atoms with Crippen molar-refractivity contribution in [3.8, 4) is 0 Å². The van der Waals surface area contributed by atoms with Gasteiger partial charge in [-0.05, 0) is 50.0 Å². The van der Waals surface area contributed by atoms with E-state index in [4.69, 9.17) is 0 Å². The number of piperidine rings is 1. The largest absolute Gasteiger partial charge is 0.334 e. The van der Waals surface area contributed by atoms with E-state index in [2.05, 4.69) is 45.1 Å². The van der Waals surface area contributed by atoms with Crippen LogP contribution in [0.15, 0.2) is 37.1 Å². The first-order chi connectivity index (χ1) is 9.78. The summed E-state index contributed by atoms with van der Waals surface area (Å²) in [6.45, 7) is 5.56. The van der Waals surface area contributed by atoms with Gasteiger partial charge in [-0.1, -0.05) is 6.92 Å². The third-order valence-corrected chi connectivity index (χ3v) is 4.43. The molecule has 1 saturated heterocycles. The molecule has 4 nitrogen and oxygen atoms in total. The van der Waals surface area contributed by atoms with Crippen molar-refractivity contribution < 1.29 is 0 Å². The molecule has 0 amide bonds. The number of nitrogens with zero attached hydrogens (tertiary/aromatic N) is 3. The molecule has 4 heteroatoms. The molecule has 2 aromatic heterocycles. The summed E-state index contributed by atoms with van der Waals surface area (Å²) in [7, 11) is 0. The van der Waals surface area contributed by atoms with Crippen molar-refractivity contribution in [3.05, 3.63) is 48.3 Å². The van der Waals surface area contributed by atoms with E-state index in [1.165, 1.54) is 24.1 Å². The molecule has 20 heavy (non-hydrogen) atoms. The lowest BCUT2D eigenvalue weighted by atomic mass is 9.78. The number of aromatic nitrogens is 3. The summed E-state index contributed by atoms with van der Waals surface area (Å²) < 4.78 is 2.33. The van der Waals surface area contributed by atoms with Gasteiger partial charge in [-0.2, -0.15) is 0 Å². The van der Waals surface area contributed by atoms with Gasteiger partial charge < -0.3 is 9.88 Å². The van der Waals surface area contributed by atoms with E-state index in [0.717, 1.165) is 26.1 Å². The van der Waals surface area contributed by atoms with Gasteiger partial charge >= 0.3 is 0 Å². The van der Waals surface area contributed by atoms with Gasteiger partial charge in [0, 0.05) is 36.2 Å². The lowest BCUT2D eigenvalue weighted by Gasteiger charge is -2.34. The fraction of sp³-hybridized carbons (Fsp3) is 0.500. The van der Waals surface area contributed by atoms with Crippen LogP contribution in [-0.4, -0.2) is 27.6 Å². The standard InChI is InChI=1S/C16H22N4/c1-16(5-9-18-10-6-16)15-12-19-13-20(15)11-4-14-2-7-17-8-3-14/h2-3,7-8,12-13,18H,4-6,9-11H2,1H3. The Morgan fingerprint density at radius 2 is 1.95 bits per heavy atom. The average molecular weight is 270 g/mol. The number of rotatable bonds is 4. The smallest absolute Gasteiger partial charge is 0.0948 e. The first-order valence-electron chi connectivity index (χ1n) is 7.38. The maximum atomic E-state index is 4.39. The van der Waals surface area contributed by atoms with Crippen LogP contribution in [0.4, 0.5) is 0 Å². The van der Waals surface area contributed by atoms with Crippen molar-refractivity contribution in [2.24, 2.45) is 0 Å². The summed E-state index contributed by atoms with van der Waals surface area (Å²) in [5.41, 5.74) is 2.98. The molecular formula is C16H22N4. The molecule has 0 unspecified atom stereocenters. The monoisotopic (exact) mass is 270 g/mol. The summed E-state index contributed by atoms with van der Waals surface area (Å²) in [5.74, 6) is 0. The Morgan fingerprint density at radius 3 is 2.70 bits per heavy atom. The highest BCUT2D eigenvalue weighted by atomic mass is 15.1. The minimum absolute atomic E-state index is 0.264. The highest BCUT2D eigenvalue weighted by Crippen LogP contribution is 2.32. The predicted octanol–water partition coefficient (Wildman–Crippen LogP) is 2.16. The quantitative estimate of drug-likeness (QED) is 0.926. The normalized spacial score (nSPS) is 18.1. The summed E-state index contributed by atoms with van der Waals surface area (Å²) in [6, 6.07) is 4.17.